The molecule has 0 saturated carbocycles. The Kier molecular flexibility index (Phi) is 6.37. The van der Waals surface area contributed by atoms with Crippen LogP contribution < -0.4 is 45.9 Å². The van der Waals surface area contributed by atoms with Crippen molar-refractivity contribution in [3.05, 3.63) is 61.0 Å². The summed E-state index contributed by atoms with van der Waals surface area (Å²) in [4.78, 5) is 45.7. The van der Waals surface area contributed by atoms with Crippen molar-refractivity contribution >= 4 is 38.4 Å². The first-order valence-corrected chi connectivity index (χ1v) is 10.0. The van der Waals surface area contributed by atoms with Gasteiger partial charge in [0, 0.05) is 59.4 Å². The number of carbonyl (C=O) groups excluding carboxylic acids is 1. The summed E-state index contributed by atoms with van der Waals surface area (Å²) in [5.41, 5.74) is 1.51. The van der Waals surface area contributed by atoms with Crippen LogP contribution in [-0.2, 0) is 20.0 Å². The van der Waals surface area contributed by atoms with Gasteiger partial charge in [0.2, 0.25) is 0 Å². The molecule has 0 atom stereocenters. The molecule has 0 aliphatic heterocycles. The van der Waals surface area contributed by atoms with Crippen LogP contribution in [0.1, 0.15) is 39.8 Å². The molecule has 150 valence electrons. The zero-order chi connectivity index (χ0) is 20.9. The summed E-state index contributed by atoms with van der Waals surface area (Å²) in [6.07, 6.45) is 4.38. The fraction of sp³-hybridized carbons (Fsp3) is 0.300. The van der Waals surface area contributed by atoms with E-state index in [1.54, 1.807) is 12.4 Å². The molecule has 0 aliphatic rings. The first-order valence-electron chi connectivity index (χ1n) is 9.22. The minimum atomic E-state index is -1.42. The number of pyridine rings is 1. The number of aromatic amines is 1. The van der Waals surface area contributed by atoms with E-state index >= 15 is 0 Å². The molecule has 0 radical (unpaired) electrons. The van der Waals surface area contributed by atoms with Crippen LogP contribution in [0, 0.1) is 6.92 Å². The van der Waals surface area contributed by atoms with Crippen molar-refractivity contribution in [1.29, 1.82) is 0 Å². The molecule has 4 aromatic rings. The molecule has 4 rings (SSSR count). The summed E-state index contributed by atoms with van der Waals surface area (Å²) in [5.74, 6) is -1.42. The Morgan fingerprint density at radius 2 is 2.07 bits per heavy atom. The van der Waals surface area contributed by atoms with Gasteiger partial charge in [0.25, 0.3) is 5.56 Å². The fourth-order valence-corrected chi connectivity index (χ4v) is 5.06. The van der Waals surface area contributed by atoms with Crippen molar-refractivity contribution < 1.29 is 39.5 Å². The molecule has 4 heterocycles. The number of hydrogen-bond donors (Lipinski definition) is 1. The van der Waals surface area contributed by atoms with E-state index < -0.39 is 17.2 Å². The number of carboxylic acid groups (broad SMARTS) is 1. The fourth-order valence-electron chi connectivity index (χ4n) is 3.75. The predicted molar refractivity (Wildman–Crippen MR) is 110 cm³/mol. The number of thiophene rings is 1. The van der Waals surface area contributed by atoms with E-state index in [2.05, 4.69) is 9.97 Å². The van der Waals surface area contributed by atoms with Gasteiger partial charge in [-0.25, -0.2) is 4.79 Å². The summed E-state index contributed by atoms with van der Waals surface area (Å²) in [5, 5.41) is 13.0. The molecule has 0 bridgehead atoms. The van der Waals surface area contributed by atoms with E-state index in [0.29, 0.717) is 29.1 Å². The van der Waals surface area contributed by atoms with Gasteiger partial charge < -0.3 is 14.9 Å². The Morgan fingerprint density at radius 3 is 2.73 bits per heavy atom. The first kappa shape index (κ1) is 22.5. The Hall–Kier alpha value is -2.20. The molecule has 0 spiro atoms. The van der Waals surface area contributed by atoms with Crippen LogP contribution in [0.15, 0.2) is 28.0 Å². The van der Waals surface area contributed by atoms with Gasteiger partial charge in [-0.05, 0) is 25.0 Å². The number of fused-ring (bicyclic) bond motifs is 2. The van der Waals surface area contributed by atoms with Gasteiger partial charge >= 0.3 is 35.2 Å². The van der Waals surface area contributed by atoms with Crippen LogP contribution in [0.5, 0.6) is 0 Å². The molecule has 0 saturated heterocycles. The largest absolute Gasteiger partial charge is 1.00 e. The molecule has 0 aromatic carbocycles. The standard InChI is InChI=1S/C20H20N4O4S.Na/c1-4-7-24-18-16(17(25)23(3)20(24)28)15(19(26)27)14(29-18)8-11-10(2)22-13-5-6-21-9-12(11)13;/h5-6,9,22H,4,7-8H2,1-3H3,(H,26,27);/q;+1/p-1. The smallest absolute Gasteiger partial charge is 0.545 e. The van der Waals surface area contributed by atoms with E-state index in [1.165, 1.54) is 23.0 Å². The summed E-state index contributed by atoms with van der Waals surface area (Å²) in [6.45, 7) is 4.22. The van der Waals surface area contributed by atoms with E-state index in [9.17, 15) is 19.5 Å². The number of aromatic carboxylic acids is 1. The van der Waals surface area contributed by atoms with Crippen molar-refractivity contribution in [3.8, 4) is 0 Å². The maximum atomic E-state index is 12.8. The number of nitrogens with one attached hydrogen (secondary N) is 1. The van der Waals surface area contributed by atoms with Crippen molar-refractivity contribution in [1.82, 2.24) is 19.1 Å². The minimum Gasteiger partial charge on any atom is -0.545 e. The third kappa shape index (κ3) is 3.45. The van der Waals surface area contributed by atoms with Crippen molar-refractivity contribution in [2.45, 2.75) is 33.2 Å². The second-order valence-corrected chi connectivity index (χ2v) is 8.08. The maximum absolute atomic E-state index is 12.8. The van der Waals surface area contributed by atoms with Gasteiger partial charge in [0.15, 0.2) is 0 Å². The number of rotatable bonds is 5. The SMILES string of the molecule is CCCn1c(=O)n(C)c(=O)c2c(C(=O)[O-])c(Cc3c(C)[nH]c4ccncc34)sc21.[Na+]. The number of nitrogens with zero attached hydrogens (tertiary/aromatic N) is 3. The monoisotopic (exact) mass is 434 g/mol. The molecule has 10 heteroatoms. The minimum absolute atomic E-state index is 0. The average Bonchev–Trinajstić information content (AvgIpc) is 3.22. The summed E-state index contributed by atoms with van der Waals surface area (Å²) in [7, 11) is 1.36. The van der Waals surface area contributed by atoms with Crippen LogP contribution in [0.25, 0.3) is 21.1 Å². The normalized spacial score (nSPS) is 11.2. The molecule has 0 amide bonds. The van der Waals surface area contributed by atoms with E-state index in [-0.39, 0.29) is 40.5 Å². The maximum Gasteiger partial charge on any atom is 1.00 e. The van der Waals surface area contributed by atoms with Crippen LogP contribution in [0.4, 0.5) is 0 Å². The summed E-state index contributed by atoms with van der Waals surface area (Å²) < 4.78 is 2.43. The molecule has 4 aromatic heterocycles. The Bertz CT molecular complexity index is 1400. The average molecular weight is 434 g/mol. The quantitative estimate of drug-likeness (QED) is 0.377. The van der Waals surface area contributed by atoms with Crippen molar-refractivity contribution in [2.75, 3.05) is 0 Å². The number of hydrogen-bond acceptors (Lipinski definition) is 6. The molecule has 1 N–H and O–H groups in total. The summed E-state index contributed by atoms with van der Waals surface area (Å²) in [6, 6.07) is 1.85. The number of carboxylic acids is 1. The Morgan fingerprint density at radius 1 is 1.33 bits per heavy atom. The van der Waals surface area contributed by atoms with Crippen molar-refractivity contribution in [3.63, 3.8) is 0 Å². The molecule has 0 fully saturated rings. The third-order valence-corrected chi connectivity index (χ3v) is 6.37. The van der Waals surface area contributed by atoms with Gasteiger partial charge in [-0.2, -0.15) is 0 Å². The molecular weight excluding hydrogens is 415 g/mol. The van der Waals surface area contributed by atoms with Crippen LogP contribution in [0.2, 0.25) is 0 Å². The predicted octanol–water partition coefficient (Wildman–Crippen LogP) is -1.69. The second-order valence-electron chi connectivity index (χ2n) is 6.99. The van der Waals surface area contributed by atoms with Crippen LogP contribution in [0.3, 0.4) is 0 Å². The zero-order valence-electron chi connectivity index (χ0n) is 17.2. The van der Waals surface area contributed by atoms with Gasteiger partial charge in [0.1, 0.15) is 4.83 Å². The van der Waals surface area contributed by atoms with E-state index in [1.807, 2.05) is 19.9 Å². The Balaban J connectivity index is 0.00000256. The van der Waals surface area contributed by atoms with Crippen LogP contribution >= 0.6 is 11.3 Å². The van der Waals surface area contributed by atoms with E-state index in [4.69, 9.17) is 0 Å². The number of aryl methyl sites for hydroxylation is 2. The molecule has 30 heavy (non-hydrogen) atoms. The second kappa shape index (κ2) is 8.50. The van der Waals surface area contributed by atoms with Gasteiger partial charge in [-0.15, -0.1) is 11.3 Å². The van der Waals surface area contributed by atoms with Gasteiger partial charge in [-0.3, -0.25) is 18.9 Å². The Labute approximate surface area is 197 Å². The number of aromatic nitrogens is 4. The molecule has 8 nitrogen and oxygen atoms in total. The topological polar surface area (TPSA) is 113 Å². The first-order chi connectivity index (χ1) is 13.8. The number of carbonyl (C=O) groups is 1. The summed E-state index contributed by atoms with van der Waals surface area (Å²) >= 11 is 1.17. The molecule has 0 unspecified atom stereocenters. The van der Waals surface area contributed by atoms with E-state index in [0.717, 1.165) is 26.7 Å². The molecule has 0 aliphatic carbocycles. The van der Waals surface area contributed by atoms with Gasteiger partial charge in [0.05, 0.1) is 11.4 Å². The van der Waals surface area contributed by atoms with Gasteiger partial charge in [-0.1, -0.05) is 6.92 Å². The molecular formula is C20H19N4NaO4S. The third-order valence-electron chi connectivity index (χ3n) is 5.15. The van der Waals surface area contributed by atoms with Crippen molar-refractivity contribution in [2.24, 2.45) is 7.05 Å². The van der Waals surface area contributed by atoms with Crippen LogP contribution in [-0.4, -0.2) is 25.1 Å². The zero-order valence-corrected chi connectivity index (χ0v) is 20.1. The number of H-pyrrole nitrogens is 1.